The van der Waals surface area contributed by atoms with Crippen molar-refractivity contribution in [1.82, 2.24) is 5.43 Å². The summed E-state index contributed by atoms with van der Waals surface area (Å²) in [5, 5.41) is 7.50. The van der Waals surface area contributed by atoms with E-state index in [0.717, 1.165) is 15.6 Å². The normalized spacial score (nSPS) is 10.9. The molecule has 0 aliphatic rings. The van der Waals surface area contributed by atoms with Crippen LogP contribution in [-0.2, 0) is 9.59 Å². The van der Waals surface area contributed by atoms with E-state index < -0.39 is 17.8 Å². The number of esters is 1. The number of hydrazone groups is 1. The monoisotopic (exact) mass is 491 g/mol. The number of anilines is 1. The van der Waals surface area contributed by atoms with Crippen LogP contribution >= 0.6 is 22.9 Å². The van der Waals surface area contributed by atoms with E-state index in [-0.39, 0.29) is 0 Å². The molecule has 0 saturated heterocycles. The number of thiophene rings is 1. The number of ether oxygens (including phenoxy) is 1. The molecule has 4 aromatic rings. The van der Waals surface area contributed by atoms with Gasteiger partial charge in [-0.1, -0.05) is 48.0 Å². The van der Waals surface area contributed by atoms with Crippen molar-refractivity contribution in [2.75, 3.05) is 5.32 Å². The van der Waals surface area contributed by atoms with Crippen LogP contribution in [0.2, 0.25) is 5.02 Å². The van der Waals surface area contributed by atoms with Crippen molar-refractivity contribution in [3.63, 3.8) is 0 Å². The lowest BCUT2D eigenvalue weighted by atomic mass is 10.2. The van der Waals surface area contributed by atoms with E-state index in [2.05, 4.69) is 15.8 Å². The van der Waals surface area contributed by atoms with Gasteiger partial charge in [0.25, 0.3) is 0 Å². The first-order valence-electron chi connectivity index (χ1n) is 10.1. The SMILES string of the molecule is Cc1ccccc1NC(=O)C(=O)N/N=C\c1ccc(OC(=O)c2sc3ccccc3c2Cl)cc1. The molecule has 3 aromatic carbocycles. The van der Waals surface area contributed by atoms with Crippen LogP contribution in [0.25, 0.3) is 10.1 Å². The summed E-state index contributed by atoms with van der Waals surface area (Å²) in [6.45, 7) is 1.82. The molecule has 4 rings (SSSR count). The topological polar surface area (TPSA) is 96.9 Å². The van der Waals surface area contributed by atoms with Crippen molar-refractivity contribution in [1.29, 1.82) is 0 Å². The smallest absolute Gasteiger partial charge is 0.355 e. The highest BCUT2D eigenvalue weighted by Gasteiger charge is 2.19. The fourth-order valence-corrected chi connectivity index (χ4v) is 4.41. The number of para-hydroxylation sites is 1. The van der Waals surface area contributed by atoms with Gasteiger partial charge in [0.1, 0.15) is 10.6 Å². The number of carbonyl (C=O) groups excluding carboxylic acids is 3. The fraction of sp³-hybridized carbons (Fsp3) is 0.0400. The molecular formula is C25H18ClN3O4S. The Bertz CT molecular complexity index is 1410. The lowest BCUT2D eigenvalue weighted by Gasteiger charge is -2.06. The maximum absolute atomic E-state index is 12.5. The number of nitrogens with zero attached hydrogens (tertiary/aromatic N) is 1. The molecule has 0 aliphatic carbocycles. The van der Waals surface area contributed by atoms with E-state index in [4.69, 9.17) is 16.3 Å². The van der Waals surface area contributed by atoms with Gasteiger partial charge in [0.15, 0.2) is 0 Å². The Labute approximate surface area is 204 Å². The molecule has 1 aromatic heterocycles. The molecule has 0 bridgehead atoms. The van der Waals surface area contributed by atoms with Crippen LogP contribution in [0.15, 0.2) is 77.9 Å². The molecule has 0 radical (unpaired) electrons. The van der Waals surface area contributed by atoms with Gasteiger partial charge < -0.3 is 10.1 Å². The summed E-state index contributed by atoms with van der Waals surface area (Å²) in [5.41, 5.74) is 4.19. The summed E-state index contributed by atoms with van der Waals surface area (Å²) in [6.07, 6.45) is 1.37. The number of nitrogens with one attached hydrogen (secondary N) is 2. The van der Waals surface area contributed by atoms with Crippen molar-refractivity contribution < 1.29 is 19.1 Å². The third-order valence-electron chi connectivity index (χ3n) is 4.79. The number of carbonyl (C=O) groups is 3. The molecule has 170 valence electrons. The first kappa shape index (κ1) is 23.2. The number of halogens is 1. The fourth-order valence-electron chi connectivity index (χ4n) is 3.03. The molecule has 0 unspecified atom stereocenters. The molecule has 2 amide bonds. The third-order valence-corrected chi connectivity index (χ3v) is 6.45. The summed E-state index contributed by atoms with van der Waals surface area (Å²) < 4.78 is 6.33. The Kier molecular flexibility index (Phi) is 7.01. The minimum absolute atomic E-state index is 0.331. The lowest BCUT2D eigenvalue weighted by Crippen LogP contribution is -2.32. The molecular weight excluding hydrogens is 474 g/mol. The van der Waals surface area contributed by atoms with Crippen LogP contribution < -0.4 is 15.5 Å². The number of amides is 2. The standard InChI is InChI=1S/C25H18ClN3O4S/c1-15-6-2-4-8-19(15)28-23(30)24(31)29-27-14-16-10-12-17(13-11-16)33-25(32)22-21(26)18-7-3-5-9-20(18)34-22/h2-14H,1H3,(H,28,30)(H,29,31)/b27-14-. The highest BCUT2D eigenvalue weighted by atomic mass is 35.5. The third kappa shape index (κ3) is 5.31. The van der Waals surface area contributed by atoms with Gasteiger partial charge in [-0.25, -0.2) is 10.2 Å². The van der Waals surface area contributed by atoms with Crippen LogP contribution in [0.1, 0.15) is 20.8 Å². The van der Waals surface area contributed by atoms with Gasteiger partial charge >= 0.3 is 17.8 Å². The van der Waals surface area contributed by atoms with Gasteiger partial charge in [0.05, 0.1) is 11.2 Å². The minimum atomic E-state index is -0.898. The van der Waals surface area contributed by atoms with E-state index in [1.807, 2.05) is 43.3 Å². The van der Waals surface area contributed by atoms with E-state index in [1.165, 1.54) is 17.6 Å². The van der Waals surface area contributed by atoms with E-state index in [1.54, 1.807) is 36.4 Å². The van der Waals surface area contributed by atoms with Crippen molar-refractivity contribution in [3.8, 4) is 5.75 Å². The van der Waals surface area contributed by atoms with Crippen molar-refractivity contribution in [3.05, 3.63) is 93.8 Å². The van der Waals surface area contributed by atoms with Gasteiger partial charge in [0, 0.05) is 15.8 Å². The highest BCUT2D eigenvalue weighted by Crippen LogP contribution is 2.35. The van der Waals surface area contributed by atoms with Gasteiger partial charge in [-0.05, 0) is 54.4 Å². The Morgan fingerprint density at radius 1 is 0.941 bits per heavy atom. The van der Waals surface area contributed by atoms with Crippen LogP contribution in [0.4, 0.5) is 5.69 Å². The Morgan fingerprint density at radius 2 is 1.65 bits per heavy atom. The second-order valence-electron chi connectivity index (χ2n) is 7.17. The average Bonchev–Trinajstić information content (AvgIpc) is 3.18. The molecule has 34 heavy (non-hydrogen) atoms. The molecule has 1 heterocycles. The number of hydrogen-bond acceptors (Lipinski definition) is 6. The average molecular weight is 492 g/mol. The maximum Gasteiger partial charge on any atom is 0.355 e. The zero-order valence-corrected chi connectivity index (χ0v) is 19.4. The van der Waals surface area contributed by atoms with Crippen LogP contribution in [0, 0.1) is 6.92 Å². The van der Waals surface area contributed by atoms with Crippen LogP contribution in [-0.4, -0.2) is 24.0 Å². The molecule has 0 saturated carbocycles. The van der Waals surface area contributed by atoms with Crippen molar-refractivity contribution >= 4 is 62.7 Å². The van der Waals surface area contributed by atoms with Crippen molar-refractivity contribution in [2.45, 2.75) is 6.92 Å². The van der Waals surface area contributed by atoms with E-state index >= 15 is 0 Å². The zero-order valence-electron chi connectivity index (χ0n) is 17.9. The van der Waals surface area contributed by atoms with Gasteiger partial charge in [0.2, 0.25) is 0 Å². The summed E-state index contributed by atoms with van der Waals surface area (Å²) in [4.78, 5) is 36.8. The zero-order chi connectivity index (χ0) is 24.1. The van der Waals surface area contributed by atoms with Crippen LogP contribution in [0.3, 0.4) is 0 Å². The first-order valence-corrected chi connectivity index (χ1v) is 11.3. The number of rotatable bonds is 5. The molecule has 9 heteroatoms. The molecule has 2 N–H and O–H groups in total. The summed E-state index contributed by atoms with van der Waals surface area (Å²) in [5.74, 6) is -1.93. The van der Waals surface area contributed by atoms with E-state index in [0.29, 0.717) is 26.9 Å². The summed E-state index contributed by atoms with van der Waals surface area (Å²) in [7, 11) is 0. The van der Waals surface area contributed by atoms with Crippen LogP contribution in [0.5, 0.6) is 5.75 Å². The Balaban J connectivity index is 1.33. The van der Waals surface area contributed by atoms with Gasteiger partial charge in [-0.2, -0.15) is 5.10 Å². The Morgan fingerprint density at radius 3 is 2.38 bits per heavy atom. The minimum Gasteiger partial charge on any atom is -0.422 e. The second kappa shape index (κ2) is 10.3. The second-order valence-corrected chi connectivity index (χ2v) is 8.60. The van der Waals surface area contributed by atoms with Gasteiger partial charge in [-0.3, -0.25) is 9.59 Å². The molecule has 0 spiro atoms. The van der Waals surface area contributed by atoms with E-state index in [9.17, 15) is 14.4 Å². The number of fused-ring (bicyclic) bond motifs is 1. The maximum atomic E-state index is 12.5. The molecule has 7 nitrogen and oxygen atoms in total. The largest absolute Gasteiger partial charge is 0.422 e. The molecule has 0 aliphatic heterocycles. The predicted octanol–water partition coefficient (Wildman–Crippen LogP) is 5.17. The first-order chi connectivity index (χ1) is 16.4. The number of aryl methyl sites for hydroxylation is 1. The predicted molar refractivity (Wildman–Crippen MR) is 134 cm³/mol. The quantitative estimate of drug-likeness (QED) is 0.132. The highest BCUT2D eigenvalue weighted by molar-refractivity contribution is 7.21. The van der Waals surface area contributed by atoms with Gasteiger partial charge in [-0.15, -0.1) is 11.3 Å². The summed E-state index contributed by atoms with van der Waals surface area (Å²) >= 11 is 7.60. The molecule has 0 fully saturated rings. The molecule has 0 atom stereocenters. The number of hydrogen-bond donors (Lipinski definition) is 2. The summed E-state index contributed by atoms with van der Waals surface area (Å²) in [6, 6.07) is 21.1. The van der Waals surface area contributed by atoms with Crippen molar-refractivity contribution in [2.24, 2.45) is 5.10 Å². The Hall–Kier alpha value is -4.01. The number of benzene rings is 3. The lowest BCUT2D eigenvalue weighted by molar-refractivity contribution is -0.136.